The Balaban J connectivity index is 2.78. The molecule has 1 rings (SSSR count). The summed E-state index contributed by atoms with van der Waals surface area (Å²) in [4.78, 5) is 0. The van der Waals surface area contributed by atoms with Crippen LogP contribution in [-0.2, 0) is 9.84 Å². The van der Waals surface area contributed by atoms with E-state index in [1.165, 1.54) is 129 Å². The average molecular weight is 578 g/mol. The minimum absolute atomic E-state index is 0.165. The van der Waals surface area contributed by atoms with Gasteiger partial charge in [-0.15, -0.1) is 0 Å². The third kappa shape index (κ3) is 12.5. The molecule has 1 aliphatic rings. The molecule has 0 bridgehead atoms. The fraction of sp³-hybridized carbons (Fsp3) is 1.00. The second kappa shape index (κ2) is 19.0. The fourth-order valence-electron chi connectivity index (χ4n) is 6.11. The van der Waals surface area contributed by atoms with Crippen molar-refractivity contribution in [1.82, 2.24) is 0 Å². The van der Waals surface area contributed by atoms with Gasteiger partial charge in [-0.25, -0.2) is 0 Å². The second-order valence-corrected chi connectivity index (χ2v) is 28.5. The fourth-order valence-corrected chi connectivity index (χ4v) is 33.6. The number of sulfone groups is 1. The van der Waals surface area contributed by atoms with Crippen LogP contribution in [-0.4, -0.2) is 35.8 Å². The van der Waals surface area contributed by atoms with E-state index in [2.05, 4.69) is 20.8 Å². The molecule has 0 aromatic rings. The maximum atomic E-state index is 13.2. The van der Waals surface area contributed by atoms with E-state index in [1.807, 2.05) is 0 Å². The average Bonchev–Trinajstić information content (AvgIpc) is 3.14. The van der Waals surface area contributed by atoms with E-state index in [0.717, 1.165) is 12.8 Å². The Morgan fingerprint density at radius 2 is 0.906 bits per heavy atom. The van der Waals surface area contributed by atoms with Crippen molar-refractivity contribution in [3.63, 3.8) is 0 Å². The Kier molecular flexibility index (Phi) is 18.3. The van der Waals surface area contributed by atoms with Crippen molar-refractivity contribution < 1.29 is 8.42 Å². The van der Waals surface area contributed by atoms with Crippen LogP contribution in [0, 0.1) is 0 Å². The standard InChI is InChI=1S/3C8H17.C4H7O2S.Sn/c3*1-3-5-7-8-6-4-2;5-7(6)3-1-2-4-7;/h3*1,3-8H2,2H3;3H,1-2,4H2;. The molecule has 1 aliphatic heterocycles. The molecule has 192 valence electrons. The van der Waals surface area contributed by atoms with Gasteiger partial charge in [0, 0.05) is 0 Å². The van der Waals surface area contributed by atoms with E-state index in [1.54, 1.807) is 0 Å². The van der Waals surface area contributed by atoms with Gasteiger partial charge in [-0.1, -0.05) is 0 Å². The first-order valence-corrected chi connectivity index (χ1v) is 24.2. The summed E-state index contributed by atoms with van der Waals surface area (Å²) in [5.41, 5.74) is 0. The summed E-state index contributed by atoms with van der Waals surface area (Å²) < 4.78 is 30.6. The summed E-state index contributed by atoms with van der Waals surface area (Å²) in [5, 5.41) is 0. The number of hydrogen-bond donors (Lipinski definition) is 0. The molecule has 0 spiro atoms. The summed E-state index contributed by atoms with van der Waals surface area (Å²) >= 11 is -2.74. The van der Waals surface area contributed by atoms with Gasteiger partial charge >= 0.3 is 208 Å². The molecule has 0 aromatic heterocycles. The van der Waals surface area contributed by atoms with Gasteiger partial charge in [-0.2, -0.15) is 0 Å². The molecule has 4 heteroatoms. The second-order valence-electron chi connectivity index (χ2n) is 10.9. The van der Waals surface area contributed by atoms with Crippen LogP contribution in [0.5, 0.6) is 0 Å². The van der Waals surface area contributed by atoms with Gasteiger partial charge < -0.3 is 0 Å². The zero-order valence-corrected chi connectivity index (χ0v) is 25.9. The first kappa shape index (κ1) is 30.8. The van der Waals surface area contributed by atoms with Crippen molar-refractivity contribution >= 4 is 28.2 Å². The van der Waals surface area contributed by atoms with Gasteiger partial charge in [-0.05, 0) is 0 Å². The Morgan fingerprint density at radius 3 is 1.22 bits per heavy atom. The van der Waals surface area contributed by atoms with Crippen LogP contribution >= 0.6 is 0 Å². The molecule has 0 aromatic carbocycles. The van der Waals surface area contributed by atoms with E-state index in [-0.39, 0.29) is 3.27 Å². The van der Waals surface area contributed by atoms with Crippen molar-refractivity contribution in [2.24, 2.45) is 0 Å². The summed E-state index contributed by atoms with van der Waals surface area (Å²) in [7, 11) is -2.81. The van der Waals surface area contributed by atoms with Crippen LogP contribution in [0.2, 0.25) is 13.3 Å². The third-order valence-corrected chi connectivity index (χ3v) is 32.8. The molecule has 1 fully saturated rings. The first-order valence-electron chi connectivity index (χ1n) is 14.7. The number of rotatable bonds is 22. The van der Waals surface area contributed by atoms with Crippen molar-refractivity contribution in [2.75, 3.05) is 5.75 Å². The number of unbranched alkanes of at least 4 members (excludes halogenated alkanes) is 15. The summed E-state index contributed by atoms with van der Waals surface area (Å²) in [6.45, 7) is 6.86. The van der Waals surface area contributed by atoms with Gasteiger partial charge in [-0.3, -0.25) is 0 Å². The molecular weight excluding hydrogens is 519 g/mol. The van der Waals surface area contributed by atoms with Crippen LogP contribution in [0.4, 0.5) is 0 Å². The van der Waals surface area contributed by atoms with E-state index < -0.39 is 28.2 Å². The first-order chi connectivity index (χ1) is 15.5. The number of hydrogen-bond acceptors (Lipinski definition) is 2. The molecule has 2 nitrogen and oxygen atoms in total. The van der Waals surface area contributed by atoms with E-state index in [9.17, 15) is 8.42 Å². The van der Waals surface area contributed by atoms with E-state index >= 15 is 0 Å². The molecule has 0 amide bonds. The van der Waals surface area contributed by atoms with Crippen LogP contribution in [0.15, 0.2) is 0 Å². The van der Waals surface area contributed by atoms with E-state index in [4.69, 9.17) is 0 Å². The molecule has 0 radical (unpaired) electrons. The Hall–Kier alpha value is 0.749. The molecule has 32 heavy (non-hydrogen) atoms. The molecule has 1 heterocycles. The van der Waals surface area contributed by atoms with Crippen LogP contribution in [0.1, 0.15) is 149 Å². The molecular formula is C28H58O2SSn. The molecule has 1 saturated heterocycles. The predicted molar refractivity (Wildman–Crippen MR) is 147 cm³/mol. The topological polar surface area (TPSA) is 34.1 Å². The van der Waals surface area contributed by atoms with Crippen LogP contribution < -0.4 is 0 Å². The molecule has 0 N–H and O–H groups in total. The van der Waals surface area contributed by atoms with Crippen molar-refractivity contribution in [1.29, 1.82) is 0 Å². The Bertz CT molecular complexity index is 491. The summed E-state index contributed by atoms with van der Waals surface area (Å²) in [6.07, 6.45) is 26.2. The van der Waals surface area contributed by atoms with Gasteiger partial charge in [0.1, 0.15) is 0 Å². The maximum absolute atomic E-state index is 13.2. The zero-order chi connectivity index (χ0) is 23.5. The monoisotopic (exact) mass is 578 g/mol. The SMILES string of the molecule is CCCCCCC[CH2][Sn]([CH2]CCCCCCC)([CH2]CCCCCCC)[CH]1CCCS1(=O)=O. The molecule has 0 saturated carbocycles. The summed E-state index contributed by atoms with van der Waals surface area (Å²) in [6, 6.07) is 0. The van der Waals surface area contributed by atoms with Crippen LogP contribution in [0.25, 0.3) is 0 Å². The van der Waals surface area contributed by atoms with Crippen molar-refractivity contribution in [2.45, 2.75) is 166 Å². The van der Waals surface area contributed by atoms with Gasteiger partial charge in [0.2, 0.25) is 0 Å². The molecule has 0 aliphatic carbocycles. The van der Waals surface area contributed by atoms with Gasteiger partial charge in [0.25, 0.3) is 0 Å². The van der Waals surface area contributed by atoms with E-state index in [0.29, 0.717) is 5.75 Å². The van der Waals surface area contributed by atoms with Crippen molar-refractivity contribution in [3.05, 3.63) is 0 Å². The van der Waals surface area contributed by atoms with Gasteiger partial charge in [0.15, 0.2) is 0 Å². The quantitative estimate of drug-likeness (QED) is 0.0949. The zero-order valence-electron chi connectivity index (χ0n) is 22.3. The third-order valence-electron chi connectivity index (χ3n) is 8.10. The minimum atomic E-state index is -2.81. The summed E-state index contributed by atoms with van der Waals surface area (Å²) in [5.74, 6) is 0.500. The molecule has 1 unspecified atom stereocenters. The Morgan fingerprint density at radius 1 is 0.562 bits per heavy atom. The van der Waals surface area contributed by atoms with Gasteiger partial charge in [0.05, 0.1) is 0 Å². The van der Waals surface area contributed by atoms with Crippen LogP contribution in [0.3, 0.4) is 0 Å². The van der Waals surface area contributed by atoms with Crippen molar-refractivity contribution in [3.8, 4) is 0 Å². The predicted octanol–water partition coefficient (Wildman–Crippen LogP) is 9.63. The normalized spacial score (nSPS) is 18.4. The Labute approximate surface area is 207 Å². The molecule has 1 atom stereocenters.